The number of aromatic nitrogens is 5. The molecule has 2 aromatic carbocycles. The number of rotatable bonds is 7. The maximum absolute atomic E-state index is 13.1. The second kappa shape index (κ2) is 10.5. The van der Waals surface area contributed by atoms with E-state index in [-0.39, 0.29) is 12.5 Å². The number of pyridine rings is 1. The Balaban J connectivity index is 1.38. The van der Waals surface area contributed by atoms with Crippen LogP contribution in [-0.2, 0) is 17.9 Å². The second-order valence-electron chi connectivity index (χ2n) is 9.02. The summed E-state index contributed by atoms with van der Waals surface area (Å²) in [4.78, 5) is 17.7. The van der Waals surface area contributed by atoms with Crippen LogP contribution < -0.4 is 10.1 Å². The summed E-state index contributed by atoms with van der Waals surface area (Å²) in [6, 6.07) is 15.2. The fraction of sp³-hybridized carbons (Fsp3) is 0.214. The van der Waals surface area contributed by atoms with Gasteiger partial charge in [0.2, 0.25) is 5.91 Å². The lowest BCUT2D eigenvalue weighted by Gasteiger charge is -2.09. The van der Waals surface area contributed by atoms with E-state index < -0.39 is 0 Å². The minimum absolute atomic E-state index is 0.0104. The van der Waals surface area contributed by atoms with Gasteiger partial charge in [0, 0.05) is 21.6 Å². The molecule has 0 aliphatic heterocycles. The van der Waals surface area contributed by atoms with Gasteiger partial charge in [-0.1, -0.05) is 41.4 Å². The van der Waals surface area contributed by atoms with Crippen molar-refractivity contribution in [3.05, 3.63) is 87.4 Å². The molecule has 3 heterocycles. The first-order valence-corrected chi connectivity index (χ1v) is 12.7. The molecule has 1 N–H and O–H groups in total. The molecule has 5 aromatic rings. The van der Waals surface area contributed by atoms with Gasteiger partial charge in [-0.3, -0.25) is 9.48 Å². The van der Waals surface area contributed by atoms with Gasteiger partial charge in [-0.25, -0.2) is 9.67 Å². The van der Waals surface area contributed by atoms with E-state index in [1.54, 1.807) is 30.1 Å². The van der Waals surface area contributed by atoms with Gasteiger partial charge >= 0.3 is 0 Å². The minimum Gasteiger partial charge on any atom is -0.497 e. The number of fused-ring (bicyclic) bond motifs is 1. The molecule has 0 spiro atoms. The first-order chi connectivity index (χ1) is 18.2. The highest BCUT2D eigenvalue weighted by molar-refractivity contribution is 6.35. The maximum atomic E-state index is 13.1. The summed E-state index contributed by atoms with van der Waals surface area (Å²) in [6.07, 6.45) is 1.73. The van der Waals surface area contributed by atoms with Crippen LogP contribution >= 0.6 is 23.2 Å². The van der Waals surface area contributed by atoms with E-state index in [9.17, 15) is 4.79 Å². The molecule has 8 nitrogen and oxygen atoms in total. The Labute approximate surface area is 230 Å². The Bertz CT molecular complexity index is 1660. The lowest BCUT2D eigenvalue weighted by Crippen LogP contribution is -2.20. The monoisotopic (exact) mass is 548 g/mol. The maximum Gasteiger partial charge on any atom is 0.246 e. The molecule has 0 aliphatic carbocycles. The molecule has 0 fully saturated rings. The first kappa shape index (κ1) is 25.8. The number of anilines is 1. The van der Waals surface area contributed by atoms with E-state index >= 15 is 0 Å². The predicted octanol–water partition coefficient (Wildman–Crippen LogP) is 6.22. The number of carbonyl (C=O) groups excluding carboxylic acids is 1. The van der Waals surface area contributed by atoms with Crippen molar-refractivity contribution in [1.82, 2.24) is 24.5 Å². The Morgan fingerprint density at radius 3 is 2.42 bits per heavy atom. The fourth-order valence-electron chi connectivity index (χ4n) is 4.56. The van der Waals surface area contributed by atoms with E-state index in [1.165, 1.54) is 0 Å². The highest BCUT2D eigenvalue weighted by Crippen LogP contribution is 2.31. The van der Waals surface area contributed by atoms with Crippen LogP contribution in [0.5, 0.6) is 5.75 Å². The molecule has 5 rings (SSSR count). The van der Waals surface area contributed by atoms with Crippen LogP contribution in [0, 0.1) is 20.8 Å². The van der Waals surface area contributed by atoms with E-state index in [2.05, 4.69) is 20.5 Å². The van der Waals surface area contributed by atoms with Gasteiger partial charge in [-0.15, -0.1) is 0 Å². The number of amides is 1. The molecule has 10 heteroatoms. The van der Waals surface area contributed by atoms with Crippen LogP contribution in [0.25, 0.3) is 22.2 Å². The number of nitrogens with zero attached hydrogens (tertiary/aromatic N) is 5. The normalized spacial score (nSPS) is 11.2. The van der Waals surface area contributed by atoms with Crippen molar-refractivity contribution in [3.63, 3.8) is 0 Å². The van der Waals surface area contributed by atoms with Crippen LogP contribution in [-0.4, -0.2) is 37.6 Å². The van der Waals surface area contributed by atoms with E-state index in [4.69, 9.17) is 27.9 Å². The summed E-state index contributed by atoms with van der Waals surface area (Å²) >= 11 is 12.4. The van der Waals surface area contributed by atoms with Crippen molar-refractivity contribution >= 4 is 45.8 Å². The SMILES string of the molecule is COc1ccc(-c2ccnc3c2c(C)nn3CC(=O)Nc2c(C)nn(Cc3ccc(Cl)cc3Cl)c2C)cc1. The first-order valence-electron chi connectivity index (χ1n) is 12.0. The van der Waals surface area contributed by atoms with Crippen molar-refractivity contribution in [2.24, 2.45) is 0 Å². The summed E-state index contributed by atoms with van der Waals surface area (Å²) in [5, 5.41) is 14.3. The second-order valence-corrected chi connectivity index (χ2v) is 9.86. The third-order valence-electron chi connectivity index (χ3n) is 6.48. The van der Waals surface area contributed by atoms with Gasteiger partial charge in [0.05, 0.1) is 36.4 Å². The molecule has 38 heavy (non-hydrogen) atoms. The summed E-state index contributed by atoms with van der Waals surface area (Å²) in [6.45, 7) is 6.16. The number of carbonyl (C=O) groups is 1. The van der Waals surface area contributed by atoms with Crippen LogP contribution in [0.1, 0.15) is 22.6 Å². The topological polar surface area (TPSA) is 86.9 Å². The molecular weight excluding hydrogens is 523 g/mol. The Morgan fingerprint density at radius 1 is 0.974 bits per heavy atom. The summed E-state index contributed by atoms with van der Waals surface area (Å²) in [7, 11) is 1.64. The minimum atomic E-state index is -0.221. The van der Waals surface area contributed by atoms with Gasteiger partial charge in [-0.05, 0) is 67.8 Å². The van der Waals surface area contributed by atoms with Gasteiger partial charge in [-0.2, -0.15) is 10.2 Å². The van der Waals surface area contributed by atoms with Gasteiger partial charge < -0.3 is 10.1 Å². The molecule has 194 valence electrons. The average molecular weight is 549 g/mol. The van der Waals surface area contributed by atoms with E-state index in [1.807, 2.05) is 61.9 Å². The molecule has 0 saturated heterocycles. The molecule has 3 aromatic heterocycles. The molecule has 0 saturated carbocycles. The van der Waals surface area contributed by atoms with Crippen LogP contribution in [0.3, 0.4) is 0 Å². The number of nitrogens with one attached hydrogen (secondary N) is 1. The summed E-state index contributed by atoms with van der Waals surface area (Å²) in [5.74, 6) is 0.564. The van der Waals surface area contributed by atoms with Gasteiger partial charge in [0.1, 0.15) is 12.3 Å². The standard InChI is InChI=1S/C28H26Cl2N6O2/c1-16-26-23(19-6-9-22(38-4)10-7-19)11-12-31-28(26)36(33-16)15-25(37)32-27-17(2)34-35(18(27)3)14-20-5-8-21(29)13-24(20)30/h5-13H,14-15H2,1-4H3,(H,32,37). The highest BCUT2D eigenvalue weighted by atomic mass is 35.5. The largest absolute Gasteiger partial charge is 0.497 e. The highest BCUT2D eigenvalue weighted by Gasteiger charge is 2.19. The number of aryl methyl sites for hydroxylation is 2. The predicted molar refractivity (Wildman–Crippen MR) is 150 cm³/mol. The molecule has 0 radical (unpaired) electrons. The zero-order valence-electron chi connectivity index (χ0n) is 21.4. The van der Waals surface area contributed by atoms with Crippen molar-refractivity contribution in [1.29, 1.82) is 0 Å². The zero-order valence-corrected chi connectivity index (χ0v) is 22.9. The summed E-state index contributed by atoms with van der Waals surface area (Å²) < 4.78 is 8.73. The quantitative estimate of drug-likeness (QED) is 0.260. The molecule has 1 amide bonds. The van der Waals surface area contributed by atoms with E-state index in [0.29, 0.717) is 33.6 Å². The zero-order chi connectivity index (χ0) is 27.0. The molecule has 0 atom stereocenters. The van der Waals surface area contributed by atoms with Crippen LogP contribution in [0.2, 0.25) is 10.0 Å². The fourth-order valence-corrected chi connectivity index (χ4v) is 5.03. The van der Waals surface area contributed by atoms with Crippen molar-refractivity contribution in [2.45, 2.75) is 33.9 Å². The lowest BCUT2D eigenvalue weighted by molar-refractivity contribution is -0.116. The lowest BCUT2D eigenvalue weighted by atomic mass is 10.0. The number of hydrogen-bond acceptors (Lipinski definition) is 5. The number of halogens is 2. The molecule has 0 unspecified atom stereocenters. The molecular formula is C28H26Cl2N6O2. The molecule has 0 bridgehead atoms. The average Bonchev–Trinajstić information content (AvgIpc) is 3.36. The summed E-state index contributed by atoms with van der Waals surface area (Å²) in [5.41, 5.74) is 6.54. The number of benzene rings is 2. The molecule has 0 aliphatic rings. The Hall–Kier alpha value is -3.88. The van der Waals surface area contributed by atoms with Crippen molar-refractivity contribution < 1.29 is 9.53 Å². The number of hydrogen-bond donors (Lipinski definition) is 1. The van der Waals surface area contributed by atoms with Crippen LogP contribution in [0.4, 0.5) is 5.69 Å². The van der Waals surface area contributed by atoms with E-state index in [0.717, 1.165) is 39.2 Å². The Kier molecular flexibility index (Phi) is 7.10. The smallest absolute Gasteiger partial charge is 0.246 e. The van der Waals surface area contributed by atoms with Crippen LogP contribution in [0.15, 0.2) is 54.7 Å². The third-order valence-corrected chi connectivity index (χ3v) is 7.07. The van der Waals surface area contributed by atoms with Crippen molar-refractivity contribution in [3.8, 4) is 16.9 Å². The number of methoxy groups -OCH3 is 1. The third kappa shape index (κ3) is 4.97. The van der Waals surface area contributed by atoms with Gasteiger partial charge in [0.25, 0.3) is 0 Å². The van der Waals surface area contributed by atoms with Crippen molar-refractivity contribution in [2.75, 3.05) is 12.4 Å². The Morgan fingerprint density at radius 2 is 1.71 bits per heavy atom. The number of ether oxygens (including phenoxy) is 1. The van der Waals surface area contributed by atoms with Gasteiger partial charge in [0.15, 0.2) is 5.65 Å².